The molecule has 0 fully saturated rings. The Balaban J connectivity index is 1.78. The number of halogens is 1. The second-order valence-electron chi connectivity index (χ2n) is 6.41. The highest BCUT2D eigenvalue weighted by atomic mass is 35.5. The molecule has 148 valence electrons. The van der Waals surface area contributed by atoms with Gasteiger partial charge in [-0.2, -0.15) is 10.4 Å². The van der Waals surface area contributed by atoms with Gasteiger partial charge in [-0.15, -0.1) is 0 Å². The standard InChI is InChI=1S/C20H20ClN7O/c1-3-8-28-12-16(10-24-28)26-20-23-11-17(21)18(27-20)14-4-6-15(7-5-14)19(29)25-13(2)9-22/h4-7,10-13H,3,8H2,1-2H3,(H,25,29)(H,23,26,27)/t13-/m0/s1. The lowest BCUT2D eigenvalue weighted by molar-refractivity contribution is 0.0948. The number of aryl methyl sites for hydroxylation is 1. The first-order chi connectivity index (χ1) is 14.0. The monoisotopic (exact) mass is 409 g/mol. The van der Waals surface area contributed by atoms with Crippen LogP contribution in [-0.2, 0) is 6.54 Å². The third-order valence-corrected chi connectivity index (χ3v) is 4.32. The largest absolute Gasteiger partial charge is 0.337 e. The molecule has 3 rings (SSSR count). The van der Waals surface area contributed by atoms with E-state index in [1.165, 1.54) is 6.20 Å². The smallest absolute Gasteiger partial charge is 0.252 e. The zero-order valence-corrected chi connectivity index (χ0v) is 16.8. The van der Waals surface area contributed by atoms with Crippen LogP contribution in [0.3, 0.4) is 0 Å². The van der Waals surface area contributed by atoms with Gasteiger partial charge in [0.2, 0.25) is 5.95 Å². The molecular weight excluding hydrogens is 390 g/mol. The first-order valence-electron chi connectivity index (χ1n) is 9.13. The Morgan fingerprint density at radius 2 is 2.07 bits per heavy atom. The minimum Gasteiger partial charge on any atom is -0.337 e. The first-order valence-corrected chi connectivity index (χ1v) is 9.51. The predicted octanol–water partition coefficient (Wildman–Crippen LogP) is 3.79. The van der Waals surface area contributed by atoms with Crippen LogP contribution in [0.1, 0.15) is 30.6 Å². The van der Waals surface area contributed by atoms with Crippen molar-refractivity contribution in [1.29, 1.82) is 5.26 Å². The fourth-order valence-electron chi connectivity index (χ4n) is 2.63. The Morgan fingerprint density at radius 1 is 1.31 bits per heavy atom. The van der Waals surface area contributed by atoms with Crippen molar-refractivity contribution < 1.29 is 4.79 Å². The maximum absolute atomic E-state index is 12.1. The molecule has 0 saturated carbocycles. The van der Waals surface area contributed by atoms with Crippen LogP contribution in [0.5, 0.6) is 0 Å². The molecule has 0 unspecified atom stereocenters. The number of benzene rings is 1. The molecule has 0 spiro atoms. The Morgan fingerprint density at radius 3 is 2.76 bits per heavy atom. The van der Waals surface area contributed by atoms with Gasteiger partial charge in [0.1, 0.15) is 6.04 Å². The molecule has 9 heteroatoms. The molecule has 1 amide bonds. The third-order valence-electron chi connectivity index (χ3n) is 4.05. The van der Waals surface area contributed by atoms with E-state index in [1.54, 1.807) is 37.4 Å². The number of rotatable bonds is 7. The summed E-state index contributed by atoms with van der Waals surface area (Å²) < 4.78 is 1.84. The molecule has 0 aliphatic rings. The van der Waals surface area contributed by atoms with Gasteiger partial charge >= 0.3 is 0 Å². The van der Waals surface area contributed by atoms with E-state index in [2.05, 4.69) is 32.6 Å². The van der Waals surface area contributed by atoms with Crippen molar-refractivity contribution >= 4 is 29.1 Å². The summed E-state index contributed by atoms with van der Waals surface area (Å²) in [7, 11) is 0. The molecular formula is C20H20ClN7O. The summed E-state index contributed by atoms with van der Waals surface area (Å²) >= 11 is 6.28. The van der Waals surface area contributed by atoms with E-state index in [-0.39, 0.29) is 5.91 Å². The number of nitrogens with one attached hydrogen (secondary N) is 2. The molecule has 8 nitrogen and oxygen atoms in total. The van der Waals surface area contributed by atoms with Crippen LogP contribution in [0.2, 0.25) is 5.02 Å². The van der Waals surface area contributed by atoms with Crippen LogP contribution in [0.25, 0.3) is 11.3 Å². The highest BCUT2D eigenvalue weighted by Crippen LogP contribution is 2.27. The fourth-order valence-corrected chi connectivity index (χ4v) is 2.83. The van der Waals surface area contributed by atoms with Crippen LogP contribution < -0.4 is 10.6 Å². The lowest BCUT2D eigenvalue weighted by Crippen LogP contribution is -2.31. The third kappa shape index (κ3) is 5.09. The van der Waals surface area contributed by atoms with Gasteiger partial charge in [0, 0.05) is 23.9 Å². The van der Waals surface area contributed by atoms with Crippen molar-refractivity contribution in [2.45, 2.75) is 32.9 Å². The molecule has 29 heavy (non-hydrogen) atoms. The normalized spacial score (nSPS) is 11.5. The molecule has 0 aliphatic heterocycles. The second-order valence-corrected chi connectivity index (χ2v) is 6.82. The van der Waals surface area contributed by atoms with E-state index in [0.29, 0.717) is 22.2 Å². The van der Waals surface area contributed by atoms with Crippen molar-refractivity contribution in [3.63, 3.8) is 0 Å². The van der Waals surface area contributed by atoms with E-state index in [9.17, 15) is 4.79 Å². The minimum absolute atomic E-state index is 0.314. The zero-order valence-electron chi connectivity index (χ0n) is 16.1. The molecule has 2 aromatic heterocycles. The summed E-state index contributed by atoms with van der Waals surface area (Å²) in [5, 5.41) is 19.2. The number of nitriles is 1. The number of aromatic nitrogens is 4. The Kier molecular flexibility index (Phi) is 6.42. The Labute approximate surface area is 173 Å². The van der Waals surface area contributed by atoms with Crippen molar-refractivity contribution in [3.05, 3.63) is 53.4 Å². The number of hydrogen-bond acceptors (Lipinski definition) is 6. The van der Waals surface area contributed by atoms with Gasteiger partial charge in [-0.25, -0.2) is 9.97 Å². The van der Waals surface area contributed by atoms with Crippen LogP contribution >= 0.6 is 11.6 Å². The molecule has 0 saturated heterocycles. The van der Waals surface area contributed by atoms with Crippen molar-refractivity contribution in [3.8, 4) is 17.3 Å². The van der Waals surface area contributed by atoms with Crippen molar-refractivity contribution in [2.75, 3.05) is 5.32 Å². The predicted molar refractivity (Wildman–Crippen MR) is 111 cm³/mol. The maximum atomic E-state index is 12.1. The van der Waals surface area contributed by atoms with Crippen LogP contribution in [0.15, 0.2) is 42.9 Å². The van der Waals surface area contributed by atoms with Crippen molar-refractivity contribution in [1.82, 2.24) is 25.1 Å². The van der Waals surface area contributed by atoms with Crippen LogP contribution in [-0.4, -0.2) is 31.7 Å². The summed E-state index contributed by atoms with van der Waals surface area (Å²) in [6.07, 6.45) is 6.11. The molecule has 0 aliphatic carbocycles. The lowest BCUT2D eigenvalue weighted by atomic mass is 10.1. The number of hydrogen-bond donors (Lipinski definition) is 2. The SMILES string of the molecule is CCCn1cc(Nc2ncc(Cl)c(-c3ccc(C(=O)N[C@@H](C)C#N)cc3)n2)cn1. The molecule has 1 aromatic carbocycles. The average Bonchev–Trinajstić information content (AvgIpc) is 3.16. The minimum atomic E-state index is -0.561. The van der Waals surface area contributed by atoms with Gasteiger partial charge in [0.25, 0.3) is 5.91 Å². The van der Waals surface area contributed by atoms with E-state index < -0.39 is 6.04 Å². The molecule has 0 bridgehead atoms. The van der Waals surface area contributed by atoms with Gasteiger partial charge < -0.3 is 10.6 Å². The summed E-state index contributed by atoms with van der Waals surface area (Å²) in [5.74, 6) is 0.0796. The lowest BCUT2D eigenvalue weighted by Gasteiger charge is -2.09. The number of carbonyl (C=O) groups excluding carboxylic acids is 1. The number of nitrogens with zero attached hydrogens (tertiary/aromatic N) is 5. The Bertz CT molecular complexity index is 1040. The topological polar surface area (TPSA) is 109 Å². The van der Waals surface area contributed by atoms with Crippen LogP contribution in [0, 0.1) is 11.3 Å². The van der Waals surface area contributed by atoms with Gasteiger partial charge in [0.15, 0.2) is 0 Å². The van der Waals surface area contributed by atoms with E-state index in [0.717, 1.165) is 24.2 Å². The van der Waals surface area contributed by atoms with E-state index >= 15 is 0 Å². The number of amides is 1. The second kappa shape index (κ2) is 9.17. The highest BCUT2D eigenvalue weighted by Gasteiger charge is 2.12. The summed E-state index contributed by atoms with van der Waals surface area (Å²) in [6, 6.07) is 8.23. The fraction of sp³-hybridized carbons (Fsp3) is 0.250. The zero-order chi connectivity index (χ0) is 20.8. The Hall–Kier alpha value is -3.44. The van der Waals surface area contributed by atoms with Crippen LogP contribution in [0.4, 0.5) is 11.6 Å². The quantitative estimate of drug-likeness (QED) is 0.614. The van der Waals surface area contributed by atoms with Gasteiger partial charge in [-0.05, 0) is 25.5 Å². The van der Waals surface area contributed by atoms with Crippen molar-refractivity contribution in [2.24, 2.45) is 0 Å². The van der Waals surface area contributed by atoms with E-state index in [1.807, 2.05) is 16.9 Å². The summed E-state index contributed by atoms with van der Waals surface area (Å²) in [5.41, 5.74) is 2.52. The molecule has 2 heterocycles. The summed E-state index contributed by atoms with van der Waals surface area (Å²) in [4.78, 5) is 20.8. The maximum Gasteiger partial charge on any atom is 0.252 e. The van der Waals surface area contributed by atoms with Gasteiger partial charge in [-0.1, -0.05) is 30.7 Å². The molecule has 0 radical (unpaired) electrons. The molecule has 2 N–H and O–H groups in total. The molecule has 3 aromatic rings. The summed E-state index contributed by atoms with van der Waals surface area (Å²) in [6.45, 7) is 4.54. The average molecular weight is 410 g/mol. The first kappa shape index (κ1) is 20.3. The van der Waals surface area contributed by atoms with Gasteiger partial charge in [-0.3, -0.25) is 9.48 Å². The van der Waals surface area contributed by atoms with Gasteiger partial charge in [0.05, 0.1) is 34.9 Å². The number of anilines is 2. The van der Waals surface area contributed by atoms with E-state index in [4.69, 9.17) is 16.9 Å². The molecule has 1 atom stereocenters. The highest BCUT2D eigenvalue weighted by molar-refractivity contribution is 6.32. The number of carbonyl (C=O) groups is 1.